The van der Waals surface area contributed by atoms with Crippen LogP contribution < -0.4 is 0 Å². The van der Waals surface area contributed by atoms with Gasteiger partial charge in [-0.15, -0.1) is 0 Å². The third-order valence-electron chi connectivity index (χ3n) is 5.26. The molecule has 1 saturated heterocycles. The van der Waals surface area contributed by atoms with Gasteiger partial charge in [0.2, 0.25) is 10.0 Å². The van der Waals surface area contributed by atoms with Crippen molar-refractivity contribution in [2.24, 2.45) is 0 Å². The molecular formula is C21H25N3O3S. The van der Waals surface area contributed by atoms with Crippen LogP contribution in [0.3, 0.4) is 0 Å². The molecule has 1 fully saturated rings. The molecule has 4 rings (SSSR count). The van der Waals surface area contributed by atoms with Gasteiger partial charge in [-0.3, -0.25) is 4.90 Å². The molecule has 0 radical (unpaired) electrons. The predicted molar refractivity (Wildman–Crippen MR) is 108 cm³/mol. The summed E-state index contributed by atoms with van der Waals surface area (Å²) in [6.45, 7) is 5.09. The maximum absolute atomic E-state index is 12.9. The first kappa shape index (κ1) is 19.1. The molecule has 0 bridgehead atoms. The minimum Gasteiger partial charge on any atom is -0.356 e. The van der Waals surface area contributed by atoms with E-state index in [2.05, 4.69) is 17.0 Å². The van der Waals surface area contributed by atoms with Gasteiger partial charge in [-0.05, 0) is 36.2 Å². The first-order valence-corrected chi connectivity index (χ1v) is 11.2. The summed E-state index contributed by atoms with van der Waals surface area (Å²) in [4.78, 5) is 2.60. The quantitative estimate of drug-likeness (QED) is 0.636. The molecule has 2 heterocycles. The van der Waals surface area contributed by atoms with Crippen molar-refractivity contribution in [1.82, 2.24) is 14.4 Å². The second kappa shape index (κ2) is 8.03. The van der Waals surface area contributed by atoms with E-state index < -0.39 is 10.0 Å². The van der Waals surface area contributed by atoms with Gasteiger partial charge >= 0.3 is 0 Å². The predicted octanol–water partition coefficient (Wildman–Crippen LogP) is 3.29. The van der Waals surface area contributed by atoms with Crippen LogP contribution in [0, 0.1) is 0 Å². The average Bonchev–Trinajstić information content (AvgIpc) is 3.12. The van der Waals surface area contributed by atoms with E-state index in [1.807, 2.05) is 36.4 Å². The van der Waals surface area contributed by atoms with Gasteiger partial charge in [0.25, 0.3) is 0 Å². The third kappa shape index (κ3) is 3.83. The topological polar surface area (TPSA) is 66.7 Å². The van der Waals surface area contributed by atoms with Gasteiger partial charge < -0.3 is 4.52 Å². The zero-order valence-corrected chi connectivity index (χ0v) is 16.9. The Bertz CT molecular complexity index is 1040. The van der Waals surface area contributed by atoms with Gasteiger partial charge in [-0.2, -0.15) is 4.31 Å². The number of aromatic nitrogens is 1. The molecule has 0 spiro atoms. The molecule has 28 heavy (non-hydrogen) atoms. The number of rotatable bonds is 6. The summed E-state index contributed by atoms with van der Waals surface area (Å²) >= 11 is 0. The lowest BCUT2D eigenvalue weighted by atomic mass is 10.1. The summed E-state index contributed by atoms with van der Waals surface area (Å²) in [5.74, 6) is 0. The van der Waals surface area contributed by atoms with E-state index in [1.165, 1.54) is 5.56 Å². The molecule has 0 N–H and O–H groups in total. The van der Waals surface area contributed by atoms with E-state index in [0.29, 0.717) is 37.6 Å². The normalized spacial score (nSPS) is 16.6. The molecule has 0 amide bonds. The van der Waals surface area contributed by atoms with Gasteiger partial charge in [-0.25, -0.2) is 8.42 Å². The largest absolute Gasteiger partial charge is 0.356 e. The average molecular weight is 400 g/mol. The summed E-state index contributed by atoms with van der Waals surface area (Å²) in [7, 11) is -3.44. The van der Waals surface area contributed by atoms with Crippen LogP contribution in [0.5, 0.6) is 0 Å². The van der Waals surface area contributed by atoms with Crippen LogP contribution in [0.25, 0.3) is 11.0 Å². The molecule has 7 heteroatoms. The Balaban J connectivity index is 1.40. The molecule has 6 nitrogen and oxygen atoms in total. The highest BCUT2D eigenvalue weighted by molar-refractivity contribution is 7.89. The zero-order valence-electron chi connectivity index (χ0n) is 16.0. The highest BCUT2D eigenvalue weighted by Crippen LogP contribution is 2.22. The standard InChI is InChI=1S/C21H25N3O3S/c1-2-5-17-8-10-18(11-9-17)28(25,26)24-14-12-23(13-15-24)16-20-19-6-3-4-7-21(19)27-22-20/h3-4,6-11H,2,5,12-16H2,1H3. The van der Waals surface area contributed by atoms with Crippen molar-refractivity contribution in [3.05, 3.63) is 59.8 Å². The van der Waals surface area contributed by atoms with Gasteiger partial charge in [0.15, 0.2) is 5.58 Å². The molecule has 1 aliphatic heterocycles. The van der Waals surface area contributed by atoms with Gasteiger partial charge in [0.05, 0.1) is 4.90 Å². The number of nitrogens with zero attached hydrogens (tertiary/aromatic N) is 3. The van der Waals surface area contributed by atoms with Gasteiger partial charge in [-0.1, -0.05) is 42.8 Å². The first-order chi connectivity index (χ1) is 13.6. The fraction of sp³-hybridized carbons (Fsp3) is 0.381. The molecule has 0 atom stereocenters. The molecule has 2 aromatic carbocycles. The Labute approximate surface area is 165 Å². The highest BCUT2D eigenvalue weighted by atomic mass is 32.2. The van der Waals surface area contributed by atoms with Crippen molar-refractivity contribution in [2.75, 3.05) is 26.2 Å². The summed E-state index contributed by atoms with van der Waals surface area (Å²) in [6, 6.07) is 15.1. The number of hydrogen-bond acceptors (Lipinski definition) is 5. The highest BCUT2D eigenvalue weighted by Gasteiger charge is 2.29. The van der Waals surface area contributed by atoms with Crippen molar-refractivity contribution < 1.29 is 12.9 Å². The van der Waals surface area contributed by atoms with E-state index in [4.69, 9.17) is 4.52 Å². The lowest BCUT2D eigenvalue weighted by Crippen LogP contribution is -2.48. The third-order valence-corrected chi connectivity index (χ3v) is 7.17. The SMILES string of the molecule is CCCc1ccc(S(=O)(=O)N2CCN(Cc3noc4ccccc34)CC2)cc1. The van der Waals surface area contributed by atoms with E-state index in [-0.39, 0.29) is 0 Å². The number of aryl methyl sites for hydroxylation is 1. The lowest BCUT2D eigenvalue weighted by Gasteiger charge is -2.33. The molecule has 1 aliphatic rings. The molecule has 3 aromatic rings. The molecule has 0 saturated carbocycles. The van der Waals surface area contributed by atoms with Crippen LogP contribution in [-0.4, -0.2) is 49.0 Å². The van der Waals surface area contributed by atoms with E-state index in [1.54, 1.807) is 16.4 Å². The van der Waals surface area contributed by atoms with Crippen molar-refractivity contribution in [3.63, 3.8) is 0 Å². The zero-order chi connectivity index (χ0) is 19.6. The maximum Gasteiger partial charge on any atom is 0.243 e. The number of fused-ring (bicyclic) bond motifs is 1. The fourth-order valence-electron chi connectivity index (χ4n) is 3.66. The second-order valence-electron chi connectivity index (χ2n) is 7.20. The number of piperazine rings is 1. The first-order valence-electron chi connectivity index (χ1n) is 9.72. The summed E-state index contributed by atoms with van der Waals surface area (Å²) < 4.78 is 32.8. The van der Waals surface area contributed by atoms with Crippen LogP contribution in [0.1, 0.15) is 24.6 Å². The van der Waals surface area contributed by atoms with Gasteiger partial charge in [0, 0.05) is 38.1 Å². The summed E-state index contributed by atoms with van der Waals surface area (Å²) in [6.07, 6.45) is 2.02. The van der Waals surface area contributed by atoms with Crippen molar-refractivity contribution in [2.45, 2.75) is 31.2 Å². The number of para-hydroxylation sites is 1. The van der Waals surface area contributed by atoms with Crippen molar-refractivity contribution in [3.8, 4) is 0 Å². The minimum absolute atomic E-state index is 0.378. The van der Waals surface area contributed by atoms with Crippen LogP contribution in [0.4, 0.5) is 0 Å². The van der Waals surface area contributed by atoms with E-state index in [9.17, 15) is 8.42 Å². The Morgan fingerprint density at radius 1 is 1.00 bits per heavy atom. The number of benzene rings is 2. The maximum atomic E-state index is 12.9. The molecule has 0 unspecified atom stereocenters. The fourth-order valence-corrected chi connectivity index (χ4v) is 5.08. The van der Waals surface area contributed by atoms with Crippen molar-refractivity contribution >= 4 is 21.0 Å². The van der Waals surface area contributed by atoms with Crippen LogP contribution in [0.15, 0.2) is 57.9 Å². The summed E-state index contributed by atoms with van der Waals surface area (Å²) in [5.41, 5.74) is 2.86. The van der Waals surface area contributed by atoms with Crippen LogP contribution in [0.2, 0.25) is 0 Å². The summed E-state index contributed by atoms with van der Waals surface area (Å²) in [5, 5.41) is 5.20. The molecule has 0 aliphatic carbocycles. The molecule has 148 valence electrons. The van der Waals surface area contributed by atoms with Crippen LogP contribution >= 0.6 is 0 Å². The lowest BCUT2D eigenvalue weighted by molar-refractivity contribution is 0.178. The Kier molecular flexibility index (Phi) is 5.48. The number of hydrogen-bond donors (Lipinski definition) is 0. The van der Waals surface area contributed by atoms with Crippen LogP contribution in [-0.2, 0) is 23.0 Å². The number of sulfonamides is 1. The van der Waals surface area contributed by atoms with E-state index in [0.717, 1.165) is 29.5 Å². The minimum atomic E-state index is -3.44. The molecule has 1 aromatic heterocycles. The van der Waals surface area contributed by atoms with Crippen molar-refractivity contribution in [1.29, 1.82) is 0 Å². The second-order valence-corrected chi connectivity index (χ2v) is 9.14. The van der Waals surface area contributed by atoms with Gasteiger partial charge in [0.1, 0.15) is 5.69 Å². The Hall–Kier alpha value is -2.22. The Morgan fingerprint density at radius 2 is 1.71 bits per heavy atom. The smallest absolute Gasteiger partial charge is 0.243 e. The molecular weight excluding hydrogens is 374 g/mol. The Morgan fingerprint density at radius 3 is 2.43 bits per heavy atom. The van der Waals surface area contributed by atoms with E-state index >= 15 is 0 Å². The monoisotopic (exact) mass is 399 g/mol.